The first-order valence-corrected chi connectivity index (χ1v) is 9.23. The molecule has 130 valence electrons. The van der Waals surface area contributed by atoms with E-state index in [-0.39, 0.29) is 17.9 Å². The van der Waals surface area contributed by atoms with Gasteiger partial charge < -0.3 is 4.42 Å². The van der Waals surface area contributed by atoms with Gasteiger partial charge in [0.05, 0.1) is 22.5 Å². The Morgan fingerprint density at radius 2 is 1.84 bits per heavy atom. The zero-order chi connectivity index (χ0) is 18.1. The molecule has 0 fully saturated rings. The topological polar surface area (TPSA) is 50.5 Å². The van der Waals surface area contributed by atoms with E-state index < -0.39 is 0 Å². The molecule has 1 aliphatic rings. The van der Waals surface area contributed by atoms with Crippen molar-refractivity contribution in [3.05, 3.63) is 64.0 Å². The summed E-state index contributed by atoms with van der Waals surface area (Å²) < 4.78 is 5.35. The fourth-order valence-electron chi connectivity index (χ4n) is 2.82. The highest BCUT2D eigenvalue weighted by Crippen LogP contribution is 2.38. The van der Waals surface area contributed by atoms with E-state index in [9.17, 15) is 9.59 Å². The Hall–Kier alpha value is -2.27. The Balaban J connectivity index is 2.03. The van der Waals surface area contributed by atoms with Gasteiger partial charge in [0.25, 0.3) is 11.8 Å². The van der Waals surface area contributed by atoms with Crippen LogP contribution in [0, 0.1) is 13.8 Å². The molecule has 2 amide bonds. The molecule has 2 heterocycles. The van der Waals surface area contributed by atoms with Crippen molar-refractivity contribution in [1.29, 1.82) is 0 Å². The summed E-state index contributed by atoms with van der Waals surface area (Å²) in [5.74, 6) is 0.858. The Bertz CT molecular complexity index is 850. The normalized spacial score (nSPS) is 15.0. The summed E-state index contributed by atoms with van der Waals surface area (Å²) in [5.41, 5.74) is 3.56. The van der Waals surface area contributed by atoms with Gasteiger partial charge in [-0.2, -0.15) is 0 Å². The highest BCUT2D eigenvalue weighted by atomic mass is 32.2. The van der Waals surface area contributed by atoms with Crippen molar-refractivity contribution in [2.45, 2.75) is 39.5 Å². The molecule has 1 aliphatic heterocycles. The number of furan rings is 1. The van der Waals surface area contributed by atoms with Gasteiger partial charge in [-0.05, 0) is 56.5 Å². The third kappa shape index (κ3) is 3.29. The van der Waals surface area contributed by atoms with Crippen LogP contribution in [0.1, 0.15) is 36.3 Å². The number of amides is 2. The Morgan fingerprint density at radius 3 is 2.44 bits per heavy atom. The van der Waals surface area contributed by atoms with E-state index in [1.807, 2.05) is 58.0 Å². The number of benzene rings is 1. The largest absolute Gasteiger partial charge is 0.468 e. The Morgan fingerprint density at radius 1 is 1.08 bits per heavy atom. The predicted octanol–water partition coefficient (Wildman–Crippen LogP) is 4.32. The highest BCUT2D eigenvalue weighted by molar-refractivity contribution is 8.03. The van der Waals surface area contributed by atoms with Crippen LogP contribution in [0.2, 0.25) is 0 Å². The molecule has 0 aliphatic carbocycles. The smallest absolute Gasteiger partial charge is 0.268 e. The van der Waals surface area contributed by atoms with Crippen molar-refractivity contribution in [2.75, 3.05) is 0 Å². The number of hydrogen-bond donors (Lipinski definition) is 0. The summed E-state index contributed by atoms with van der Waals surface area (Å²) >= 11 is 1.36. The van der Waals surface area contributed by atoms with E-state index >= 15 is 0 Å². The summed E-state index contributed by atoms with van der Waals surface area (Å²) in [4.78, 5) is 27.6. The molecule has 5 heteroatoms. The number of thioether (sulfide) groups is 1. The highest BCUT2D eigenvalue weighted by Gasteiger charge is 2.40. The van der Waals surface area contributed by atoms with E-state index in [2.05, 4.69) is 0 Å². The van der Waals surface area contributed by atoms with Crippen LogP contribution >= 0.6 is 11.8 Å². The monoisotopic (exact) mass is 355 g/mol. The molecule has 25 heavy (non-hydrogen) atoms. The second-order valence-electron chi connectivity index (χ2n) is 6.45. The molecule has 4 nitrogen and oxygen atoms in total. The van der Waals surface area contributed by atoms with Crippen molar-refractivity contribution >= 4 is 29.1 Å². The molecule has 2 aromatic rings. The van der Waals surface area contributed by atoms with Crippen LogP contribution in [-0.4, -0.2) is 22.8 Å². The lowest BCUT2D eigenvalue weighted by molar-refractivity contribution is -0.138. The number of hydrogen-bond acceptors (Lipinski definition) is 4. The summed E-state index contributed by atoms with van der Waals surface area (Å²) in [7, 11) is 0. The summed E-state index contributed by atoms with van der Waals surface area (Å²) in [6.07, 6.45) is 1.61. The molecule has 0 N–H and O–H groups in total. The zero-order valence-corrected chi connectivity index (χ0v) is 15.6. The lowest BCUT2D eigenvalue weighted by Crippen LogP contribution is -2.37. The molecule has 0 atom stereocenters. The van der Waals surface area contributed by atoms with Gasteiger partial charge in [-0.3, -0.25) is 14.5 Å². The molecule has 0 spiro atoms. The van der Waals surface area contributed by atoms with Gasteiger partial charge in [-0.25, -0.2) is 0 Å². The maximum atomic E-state index is 12.9. The minimum atomic E-state index is -0.218. The number of rotatable bonds is 5. The predicted molar refractivity (Wildman–Crippen MR) is 99.8 cm³/mol. The van der Waals surface area contributed by atoms with Crippen molar-refractivity contribution in [3.63, 3.8) is 0 Å². The fourth-order valence-corrected chi connectivity index (χ4v) is 3.84. The minimum absolute atomic E-state index is 0.178. The van der Waals surface area contributed by atoms with Crippen LogP contribution in [-0.2, 0) is 15.3 Å². The van der Waals surface area contributed by atoms with Gasteiger partial charge in [-0.1, -0.05) is 18.2 Å². The van der Waals surface area contributed by atoms with Gasteiger partial charge in [0, 0.05) is 6.04 Å². The molecule has 0 bridgehead atoms. The van der Waals surface area contributed by atoms with E-state index in [1.165, 1.54) is 16.7 Å². The molecule has 0 radical (unpaired) electrons. The maximum absolute atomic E-state index is 12.9. The molecule has 3 rings (SSSR count). The van der Waals surface area contributed by atoms with Crippen LogP contribution in [0.4, 0.5) is 0 Å². The van der Waals surface area contributed by atoms with Crippen LogP contribution in [0.15, 0.2) is 45.9 Å². The van der Waals surface area contributed by atoms with E-state index in [4.69, 9.17) is 4.42 Å². The SMILES string of the molecule is Cc1ccc(C2=C(SCc3ccco3)C(=O)N(C(C)C)C2=O)cc1C. The Labute approximate surface area is 151 Å². The van der Waals surface area contributed by atoms with E-state index in [0.717, 1.165) is 22.5 Å². The average molecular weight is 355 g/mol. The minimum Gasteiger partial charge on any atom is -0.468 e. The molecule has 1 aromatic carbocycles. The fraction of sp³-hybridized carbons (Fsp3) is 0.300. The van der Waals surface area contributed by atoms with Crippen molar-refractivity contribution in [3.8, 4) is 0 Å². The van der Waals surface area contributed by atoms with E-state index in [1.54, 1.807) is 6.26 Å². The lowest BCUT2D eigenvalue weighted by atomic mass is 10.0. The van der Waals surface area contributed by atoms with Crippen LogP contribution in [0.25, 0.3) is 5.57 Å². The zero-order valence-electron chi connectivity index (χ0n) is 14.8. The second kappa shape index (κ2) is 6.92. The van der Waals surface area contributed by atoms with Crippen LogP contribution < -0.4 is 0 Å². The molecule has 0 saturated heterocycles. The number of imide groups is 1. The lowest BCUT2D eigenvalue weighted by Gasteiger charge is -2.19. The number of carbonyl (C=O) groups excluding carboxylic acids is 2. The standard InChI is InChI=1S/C20H21NO3S/c1-12(2)21-19(22)17(15-8-7-13(3)14(4)10-15)18(20(21)23)25-11-16-6-5-9-24-16/h5-10,12H,11H2,1-4H3. The first-order valence-electron chi connectivity index (χ1n) is 8.25. The van der Waals surface area contributed by atoms with Gasteiger partial charge >= 0.3 is 0 Å². The maximum Gasteiger partial charge on any atom is 0.268 e. The first-order chi connectivity index (χ1) is 11.9. The number of aryl methyl sites for hydroxylation is 2. The summed E-state index contributed by atoms with van der Waals surface area (Å²) in [6.45, 7) is 7.75. The second-order valence-corrected chi connectivity index (χ2v) is 7.43. The van der Waals surface area contributed by atoms with Crippen LogP contribution in [0.3, 0.4) is 0 Å². The van der Waals surface area contributed by atoms with Gasteiger partial charge in [0.2, 0.25) is 0 Å². The Kier molecular flexibility index (Phi) is 4.86. The van der Waals surface area contributed by atoms with Crippen molar-refractivity contribution < 1.29 is 14.0 Å². The molecule has 0 saturated carbocycles. The van der Waals surface area contributed by atoms with Gasteiger partial charge in [0.1, 0.15) is 5.76 Å². The first kappa shape index (κ1) is 17.5. The third-order valence-electron chi connectivity index (χ3n) is 4.32. The number of nitrogens with zero attached hydrogens (tertiary/aromatic N) is 1. The number of carbonyl (C=O) groups is 2. The molecular formula is C20H21NO3S. The van der Waals surface area contributed by atoms with Crippen molar-refractivity contribution in [2.24, 2.45) is 0 Å². The van der Waals surface area contributed by atoms with Gasteiger partial charge in [-0.15, -0.1) is 11.8 Å². The quantitative estimate of drug-likeness (QED) is 0.750. The molecule has 1 aromatic heterocycles. The van der Waals surface area contributed by atoms with E-state index in [0.29, 0.717) is 16.2 Å². The van der Waals surface area contributed by atoms with Gasteiger partial charge in [0.15, 0.2) is 0 Å². The summed E-state index contributed by atoms with van der Waals surface area (Å²) in [5, 5.41) is 0. The summed E-state index contributed by atoms with van der Waals surface area (Å²) in [6, 6.07) is 9.39. The third-order valence-corrected chi connectivity index (χ3v) is 5.42. The van der Waals surface area contributed by atoms with Crippen molar-refractivity contribution in [1.82, 2.24) is 4.90 Å². The molecule has 0 unspecified atom stereocenters. The van der Waals surface area contributed by atoms with Crippen LogP contribution in [0.5, 0.6) is 0 Å². The average Bonchev–Trinajstić information content (AvgIpc) is 3.14. The molecular weight excluding hydrogens is 334 g/mol.